The van der Waals surface area contributed by atoms with Crippen LogP contribution in [0.25, 0.3) is 0 Å². The van der Waals surface area contributed by atoms with Crippen LogP contribution in [0.1, 0.15) is 35.0 Å². The predicted molar refractivity (Wildman–Crippen MR) is 105 cm³/mol. The Morgan fingerprint density at radius 2 is 2.16 bits per heavy atom. The van der Waals surface area contributed by atoms with Gasteiger partial charge < -0.3 is 15.2 Å². The number of carbonyl (C=O) groups is 1. The van der Waals surface area contributed by atoms with Gasteiger partial charge in [0.15, 0.2) is 0 Å². The number of amides is 1. The van der Waals surface area contributed by atoms with Crippen molar-refractivity contribution in [3.8, 4) is 0 Å². The third-order valence-electron chi connectivity index (χ3n) is 4.41. The molecule has 0 bridgehead atoms. The van der Waals surface area contributed by atoms with Gasteiger partial charge in [0.25, 0.3) is 5.91 Å². The number of hydrogen-bond donors (Lipinski definition) is 2. The molecule has 25 heavy (non-hydrogen) atoms. The van der Waals surface area contributed by atoms with Gasteiger partial charge >= 0.3 is 0 Å². The molecular formula is C18H26Cl2N4O. The van der Waals surface area contributed by atoms with Crippen LogP contribution in [0.2, 0.25) is 0 Å². The second-order valence-electron chi connectivity index (χ2n) is 6.10. The molecule has 0 radical (unpaired) electrons. The summed E-state index contributed by atoms with van der Waals surface area (Å²) in [7, 11) is 0. The minimum absolute atomic E-state index is 0. The van der Waals surface area contributed by atoms with Crippen molar-refractivity contribution >= 4 is 30.7 Å². The zero-order chi connectivity index (χ0) is 16.1. The third kappa shape index (κ3) is 5.73. The molecule has 0 saturated carbocycles. The quantitative estimate of drug-likeness (QED) is 0.804. The second-order valence-corrected chi connectivity index (χ2v) is 6.10. The highest BCUT2D eigenvalue weighted by molar-refractivity contribution is 5.95. The van der Waals surface area contributed by atoms with Crippen LogP contribution < -0.4 is 10.6 Å². The number of imidazole rings is 1. The summed E-state index contributed by atoms with van der Waals surface area (Å²) in [5.41, 5.74) is 2.81. The van der Waals surface area contributed by atoms with E-state index in [1.54, 1.807) is 6.33 Å². The van der Waals surface area contributed by atoms with E-state index in [1.807, 2.05) is 29.0 Å². The Morgan fingerprint density at radius 1 is 1.36 bits per heavy atom. The largest absolute Gasteiger partial charge is 0.346 e. The van der Waals surface area contributed by atoms with Crippen LogP contribution in [0.5, 0.6) is 0 Å². The van der Waals surface area contributed by atoms with Crippen molar-refractivity contribution in [1.82, 2.24) is 20.2 Å². The van der Waals surface area contributed by atoms with E-state index in [0.717, 1.165) is 42.9 Å². The molecule has 2 aromatic rings. The van der Waals surface area contributed by atoms with Crippen molar-refractivity contribution in [3.05, 3.63) is 53.6 Å². The van der Waals surface area contributed by atoms with E-state index in [0.29, 0.717) is 12.5 Å². The first-order valence-corrected chi connectivity index (χ1v) is 8.33. The molecule has 1 saturated heterocycles. The third-order valence-corrected chi connectivity index (χ3v) is 4.41. The Kier molecular flexibility index (Phi) is 8.97. The highest BCUT2D eigenvalue weighted by Crippen LogP contribution is 2.18. The number of carbonyl (C=O) groups excluding carboxylic acids is 1. The van der Waals surface area contributed by atoms with Crippen LogP contribution in [-0.2, 0) is 19.5 Å². The zero-order valence-electron chi connectivity index (χ0n) is 14.4. The number of hydrogen-bond acceptors (Lipinski definition) is 3. The first kappa shape index (κ1) is 21.5. The molecule has 1 fully saturated rings. The van der Waals surface area contributed by atoms with Crippen LogP contribution in [-0.4, -0.2) is 28.5 Å². The molecule has 1 amide bonds. The van der Waals surface area contributed by atoms with Gasteiger partial charge in [-0.3, -0.25) is 4.79 Å². The first-order valence-electron chi connectivity index (χ1n) is 8.33. The number of nitrogens with zero attached hydrogens (tertiary/aromatic N) is 2. The number of rotatable bonds is 6. The summed E-state index contributed by atoms with van der Waals surface area (Å²) in [5.74, 6) is 0.613. The number of nitrogens with one attached hydrogen (secondary N) is 2. The molecule has 1 aliphatic heterocycles. The molecule has 1 aromatic heterocycles. The standard InChI is InChI=1S/C18H24N4O.2ClH/c1-2-22-12-16(21-13-22)11-20-18(23)17-6-4-3-5-15(17)9-14-7-8-19-10-14;;/h3-6,12-14,19H,2,7-11H2,1H3,(H,20,23);2*1H. The van der Waals surface area contributed by atoms with Crippen molar-refractivity contribution in [3.63, 3.8) is 0 Å². The van der Waals surface area contributed by atoms with Crippen LogP contribution in [0.15, 0.2) is 36.8 Å². The van der Waals surface area contributed by atoms with Crippen LogP contribution in [0, 0.1) is 5.92 Å². The summed E-state index contributed by atoms with van der Waals surface area (Å²) in [6, 6.07) is 7.92. The van der Waals surface area contributed by atoms with Crippen LogP contribution >= 0.6 is 24.8 Å². The predicted octanol–water partition coefficient (Wildman–Crippen LogP) is 2.83. The average molecular weight is 385 g/mol. The minimum Gasteiger partial charge on any atom is -0.346 e. The van der Waals surface area contributed by atoms with Crippen molar-refractivity contribution in [1.29, 1.82) is 0 Å². The molecule has 138 valence electrons. The summed E-state index contributed by atoms with van der Waals surface area (Å²) in [6.07, 6.45) is 5.91. The van der Waals surface area contributed by atoms with Gasteiger partial charge in [0.05, 0.1) is 18.6 Å². The Bertz CT molecular complexity index is 669. The molecule has 2 heterocycles. The summed E-state index contributed by atoms with van der Waals surface area (Å²) >= 11 is 0. The molecule has 2 N–H and O–H groups in total. The molecule has 1 aromatic carbocycles. The molecule has 0 aliphatic carbocycles. The zero-order valence-corrected chi connectivity index (χ0v) is 16.0. The normalized spacial score (nSPS) is 16.0. The van der Waals surface area contributed by atoms with Gasteiger partial charge in [-0.15, -0.1) is 24.8 Å². The lowest BCUT2D eigenvalue weighted by molar-refractivity contribution is 0.0949. The molecule has 3 rings (SSSR count). The van der Waals surface area contributed by atoms with E-state index in [2.05, 4.69) is 28.6 Å². The number of aromatic nitrogens is 2. The van der Waals surface area contributed by atoms with Gasteiger partial charge in [0.2, 0.25) is 0 Å². The van der Waals surface area contributed by atoms with Crippen molar-refractivity contribution in [2.24, 2.45) is 5.92 Å². The maximum absolute atomic E-state index is 12.5. The van der Waals surface area contributed by atoms with Crippen molar-refractivity contribution < 1.29 is 4.79 Å². The maximum atomic E-state index is 12.5. The van der Waals surface area contributed by atoms with Gasteiger partial charge in [-0.1, -0.05) is 18.2 Å². The number of halogens is 2. The van der Waals surface area contributed by atoms with Crippen molar-refractivity contribution in [2.75, 3.05) is 13.1 Å². The van der Waals surface area contributed by atoms with E-state index in [4.69, 9.17) is 0 Å². The summed E-state index contributed by atoms with van der Waals surface area (Å²) in [6.45, 7) is 5.55. The first-order chi connectivity index (χ1) is 11.3. The van der Waals surface area contributed by atoms with Crippen molar-refractivity contribution in [2.45, 2.75) is 32.9 Å². The highest BCUT2D eigenvalue weighted by atomic mass is 35.5. The Labute approximate surface area is 161 Å². The Hall–Kier alpha value is -1.56. The molecular weight excluding hydrogens is 359 g/mol. The molecule has 7 heteroatoms. The van der Waals surface area contributed by atoms with E-state index >= 15 is 0 Å². The fraction of sp³-hybridized carbons (Fsp3) is 0.444. The molecule has 1 aliphatic rings. The van der Waals surface area contributed by atoms with Gasteiger partial charge in [0, 0.05) is 18.3 Å². The molecule has 0 spiro atoms. The summed E-state index contributed by atoms with van der Waals surface area (Å²) in [4.78, 5) is 16.8. The fourth-order valence-electron chi connectivity index (χ4n) is 3.06. The summed E-state index contributed by atoms with van der Waals surface area (Å²) in [5, 5.41) is 6.37. The molecule has 1 unspecified atom stereocenters. The Morgan fingerprint density at radius 3 is 2.84 bits per heavy atom. The number of aryl methyl sites for hydroxylation is 1. The van der Waals surface area contributed by atoms with E-state index in [-0.39, 0.29) is 30.7 Å². The smallest absolute Gasteiger partial charge is 0.251 e. The second kappa shape index (κ2) is 10.4. The van der Waals surface area contributed by atoms with E-state index < -0.39 is 0 Å². The lowest BCUT2D eigenvalue weighted by Gasteiger charge is -2.13. The van der Waals surface area contributed by atoms with Crippen LogP contribution in [0.4, 0.5) is 0 Å². The van der Waals surface area contributed by atoms with E-state index in [9.17, 15) is 4.79 Å². The number of benzene rings is 1. The van der Waals surface area contributed by atoms with Gasteiger partial charge in [-0.25, -0.2) is 4.98 Å². The SMILES string of the molecule is CCn1cnc(CNC(=O)c2ccccc2CC2CCNC2)c1.Cl.Cl. The van der Waals surface area contributed by atoms with Crippen LogP contribution in [0.3, 0.4) is 0 Å². The Balaban J connectivity index is 0.00000156. The van der Waals surface area contributed by atoms with E-state index in [1.165, 1.54) is 6.42 Å². The maximum Gasteiger partial charge on any atom is 0.251 e. The monoisotopic (exact) mass is 384 g/mol. The lowest BCUT2D eigenvalue weighted by Crippen LogP contribution is -2.24. The summed E-state index contributed by atoms with van der Waals surface area (Å²) < 4.78 is 2.00. The molecule has 5 nitrogen and oxygen atoms in total. The lowest BCUT2D eigenvalue weighted by atomic mass is 9.94. The van der Waals surface area contributed by atoms with Gasteiger partial charge in [-0.05, 0) is 50.4 Å². The fourth-order valence-corrected chi connectivity index (χ4v) is 3.06. The van der Waals surface area contributed by atoms with Gasteiger partial charge in [0.1, 0.15) is 0 Å². The van der Waals surface area contributed by atoms with Gasteiger partial charge in [-0.2, -0.15) is 0 Å². The average Bonchev–Trinajstić information content (AvgIpc) is 3.24. The molecule has 1 atom stereocenters. The highest BCUT2D eigenvalue weighted by Gasteiger charge is 2.18. The minimum atomic E-state index is -0.0161. The topological polar surface area (TPSA) is 59.0 Å².